The standard InChI is InChI=1S/C24H28O17/c25-11-5-35-20-14(8-36-19(11)20)41-24(34)10(3-16(28)29)9(23(32)33)4-18(31)40-13-7-38-21-12(6-37-22(13)21)39-17(30)2-1-15(26)27/h4,10-14,19-22,25H,1-3,5-8H2,(H,26,27)(H,28,29)(H,32,33)/b9-4-/t10?,11-,12-,13-,14-,19-,20-,21-,22-/m1/s1. The minimum Gasteiger partial charge on any atom is -0.481 e. The fourth-order valence-electron chi connectivity index (χ4n) is 4.96. The van der Waals surface area contributed by atoms with Gasteiger partial charge in [-0.15, -0.1) is 0 Å². The van der Waals surface area contributed by atoms with Gasteiger partial charge in [-0.1, -0.05) is 0 Å². The number of rotatable bonds is 12. The minimum atomic E-state index is -1.91. The first-order valence-electron chi connectivity index (χ1n) is 12.6. The molecule has 0 bridgehead atoms. The van der Waals surface area contributed by atoms with Crippen LogP contribution in [0.15, 0.2) is 11.6 Å². The van der Waals surface area contributed by atoms with Crippen molar-refractivity contribution in [1.29, 1.82) is 0 Å². The molecule has 0 radical (unpaired) electrons. The smallest absolute Gasteiger partial charge is 0.332 e. The van der Waals surface area contributed by atoms with Crippen molar-refractivity contribution in [2.75, 3.05) is 26.4 Å². The molecule has 0 aromatic carbocycles. The Kier molecular flexibility index (Phi) is 9.54. The quantitative estimate of drug-likeness (QED) is 0.106. The second-order valence-corrected chi connectivity index (χ2v) is 9.69. The van der Waals surface area contributed by atoms with Crippen LogP contribution in [-0.4, -0.2) is 132 Å². The summed E-state index contributed by atoms with van der Waals surface area (Å²) < 4.78 is 37.4. The van der Waals surface area contributed by atoms with E-state index in [0.717, 1.165) is 0 Å². The van der Waals surface area contributed by atoms with Gasteiger partial charge >= 0.3 is 35.8 Å². The van der Waals surface area contributed by atoms with E-state index in [4.69, 9.17) is 38.3 Å². The Morgan fingerprint density at radius 3 is 1.83 bits per heavy atom. The van der Waals surface area contributed by atoms with Crippen molar-refractivity contribution in [2.45, 2.75) is 68.1 Å². The average molecular weight is 588 g/mol. The zero-order valence-corrected chi connectivity index (χ0v) is 21.3. The third-order valence-corrected chi connectivity index (χ3v) is 6.86. The van der Waals surface area contributed by atoms with Gasteiger partial charge in [0, 0.05) is 6.08 Å². The third-order valence-electron chi connectivity index (χ3n) is 6.86. The number of aliphatic carboxylic acids is 3. The lowest BCUT2D eigenvalue weighted by molar-refractivity contribution is -0.161. The van der Waals surface area contributed by atoms with Crippen LogP contribution in [0.3, 0.4) is 0 Å². The van der Waals surface area contributed by atoms with Crippen LogP contribution in [-0.2, 0) is 61.9 Å². The Morgan fingerprint density at radius 1 is 0.707 bits per heavy atom. The molecule has 4 N–H and O–H groups in total. The summed E-state index contributed by atoms with van der Waals surface area (Å²) in [6.07, 6.45) is -8.64. The number of carboxylic acids is 3. The number of fused-ring (bicyclic) bond motifs is 2. The molecule has 226 valence electrons. The van der Waals surface area contributed by atoms with Gasteiger partial charge in [0.25, 0.3) is 0 Å². The first-order valence-corrected chi connectivity index (χ1v) is 12.6. The number of aliphatic hydroxyl groups excluding tert-OH is 1. The first-order chi connectivity index (χ1) is 19.4. The number of aliphatic hydroxyl groups is 1. The number of carbonyl (C=O) groups excluding carboxylic acids is 3. The SMILES string of the molecule is O=C(O)CCC(=O)O[C@@H]1CO[C@H]2[C@@H]1OC[C@H]2OC(=O)/C=C(\C(=O)O)C(CC(=O)O)C(=O)O[C@@H]1CO[C@H]2[C@@H]1OC[C@H]2O. The second-order valence-electron chi connectivity index (χ2n) is 9.69. The van der Waals surface area contributed by atoms with Crippen molar-refractivity contribution in [2.24, 2.45) is 5.92 Å². The summed E-state index contributed by atoms with van der Waals surface area (Å²) in [6, 6.07) is 0. The first kappa shape index (κ1) is 30.3. The lowest BCUT2D eigenvalue weighted by Crippen LogP contribution is -2.37. The van der Waals surface area contributed by atoms with E-state index in [1.807, 2.05) is 0 Å². The van der Waals surface area contributed by atoms with E-state index in [9.17, 15) is 44.1 Å². The van der Waals surface area contributed by atoms with E-state index < -0.39 is 109 Å². The van der Waals surface area contributed by atoms with E-state index in [-0.39, 0.29) is 32.8 Å². The highest BCUT2D eigenvalue weighted by Gasteiger charge is 2.52. The molecule has 17 heteroatoms. The van der Waals surface area contributed by atoms with Gasteiger partial charge in [-0.25, -0.2) is 9.59 Å². The van der Waals surface area contributed by atoms with Crippen LogP contribution in [0.4, 0.5) is 0 Å². The lowest BCUT2D eigenvalue weighted by Gasteiger charge is -2.21. The monoisotopic (exact) mass is 588 g/mol. The summed E-state index contributed by atoms with van der Waals surface area (Å²) in [5.74, 6) is -9.69. The highest BCUT2D eigenvalue weighted by atomic mass is 16.7. The van der Waals surface area contributed by atoms with Gasteiger partial charge in [0.15, 0.2) is 18.3 Å². The third kappa shape index (κ3) is 7.17. The highest BCUT2D eigenvalue weighted by Crippen LogP contribution is 2.32. The van der Waals surface area contributed by atoms with Crippen LogP contribution in [0.5, 0.6) is 0 Å². The van der Waals surface area contributed by atoms with Crippen molar-refractivity contribution in [3.05, 3.63) is 11.6 Å². The number of ether oxygens (including phenoxy) is 7. The van der Waals surface area contributed by atoms with E-state index in [0.29, 0.717) is 6.08 Å². The number of hydrogen-bond donors (Lipinski definition) is 4. The Bertz CT molecular complexity index is 1100. The summed E-state index contributed by atoms with van der Waals surface area (Å²) >= 11 is 0. The maximum absolute atomic E-state index is 12.9. The number of carbonyl (C=O) groups is 6. The molecule has 0 amide bonds. The molecule has 4 aliphatic heterocycles. The van der Waals surface area contributed by atoms with Crippen LogP contribution in [0, 0.1) is 5.92 Å². The number of hydrogen-bond acceptors (Lipinski definition) is 14. The summed E-state index contributed by atoms with van der Waals surface area (Å²) in [5.41, 5.74) is -0.904. The molecular weight excluding hydrogens is 560 g/mol. The maximum Gasteiger partial charge on any atom is 0.332 e. The minimum absolute atomic E-state index is 0.0710. The van der Waals surface area contributed by atoms with Crippen LogP contribution >= 0.6 is 0 Å². The van der Waals surface area contributed by atoms with E-state index in [2.05, 4.69) is 0 Å². The molecular formula is C24H28O17. The fraction of sp³-hybridized carbons (Fsp3) is 0.667. The number of esters is 3. The van der Waals surface area contributed by atoms with Crippen molar-refractivity contribution < 1.29 is 82.4 Å². The molecule has 1 unspecified atom stereocenters. The van der Waals surface area contributed by atoms with E-state index >= 15 is 0 Å². The Labute approximate surface area is 230 Å². The second kappa shape index (κ2) is 12.9. The van der Waals surface area contributed by atoms with Crippen molar-refractivity contribution in [3.63, 3.8) is 0 Å². The Hall–Kier alpha value is -3.64. The summed E-state index contributed by atoms with van der Waals surface area (Å²) in [5, 5.41) is 37.5. The molecule has 4 fully saturated rings. The topological polar surface area (TPSA) is 248 Å². The molecule has 4 rings (SSSR count). The van der Waals surface area contributed by atoms with Gasteiger partial charge in [-0.3, -0.25) is 19.2 Å². The Morgan fingerprint density at radius 2 is 1.24 bits per heavy atom. The number of carboxylic acid groups (broad SMARTS) is 3. The van der Waals surface area contributed by atoms with Gasteiger partial charge in [0.1, 0.15) is 30.5 Å². The van der Waals surface area contributed by atoms with Crippen LogP contribution in [0.2, 0.25) is 0 Å². The largest absolute Gasteiger partial charge is 0.481 e. The van der Waals surface area contributed by atoms with Crippen LogP contribution in [0.1, 0.15) is 19.3 Å². The van der Waals surface area contributed by atoms with Gasteiger partial charge in [0.05, 0.1) is 57.2 Å². The maximum atomic E-state index is 12.9. The fourth-order valence-corrected chi connectivity index (χ4v) is 4.96. The molecule has 41 heavy (non-hydrogen) atoms. The average Bonchev–Trinajstić information content (AvgIpc) is 3.66. The van der Waals surface area contributed by atoms with Gasteiger partial charge < -0.3 is 53.6 Å². The normalized spacial score (nSPS) is 33.0. The summed E-state index contributed by atoms with van der Waals surface area (Å²) in [4.78, 5) is 71.5. The van der Waals surface area contributed by atoms with Crippen molar-refractivity contribution in [3.8, 4) is 0 Å². The van der Waals surface area contributed by atoms with Gasteiger partial charge in [0.2, 0.25) is 0 Å². The van der Waals surface area contributed by atoms with Gasteiger partial charge in [-0.2, -0.15) is 0 Å². The molecule has 17 nitrogen and oxygen atoms in total. The van der Waals surface area contributed by atoms with Crippen molar-refractivity contribution >= 4 is 35.8 Å². The zero-order valence-electron chi connectivity index (χ0n) is 21.3. The van der Waals surface area contributed by atoms with Crippen molar-refractivity contribution in [1.82, 2.24) is 0 Å². The summed E-state index contributed by atoms with van der Waals surface area (Å²) in [7, 11) is 0. The molecule has 4 saturated heterocycles. The van der Waals surface area contributed by atoms with Crippen LogP contribution < -0.4 is 0 Å². The molecule has 4 aliphatic rings. The lowest BCUT2D eigenvalue weighted by atomic mass is 9.95. The molecule has 4 heterocycles. The highest BCUT2D eigenvalue weighted by molar-refractivity contribution is 6.01. The molecule has 0 aromatic rings. The molecule has 9 atom stereocenters. The predicted octanol–water partition coefficient (Wildman–Crippen LogP) is -2.36. The molecule has 0 spiro atoms. The Balaban J connectivity index is 1.39. The molecule has 0 aromatic heterocycles. The van der Waals surface area contributed by atoms with Crippen LogP contribution in [0.25, 0.3) is 0 Å². The van der Waals surface area contributed by atoms with Gasteiger partial charge in [-0.05, 0) is 0 Å². The molecule has 0 saturated carbocycles. The molecule has 0 aliphatic carbocycles. The zero-order chi connectivity index (χ0) is 29.8. The summed E-state index contributed by atoms with van der Waals surface area (Å²) in [6.45, 7) is -0.583. The van der Waals surface area contributed by atoms with E-state index in [1.54, 1.807) is 0 Å². The predicted molar refractivity (Wildman–Crippen MR) is 123 cm³/mol. The van der Waals surface area contributed by atoms with E-state index in [1.165, 1.54) is 0 Å².